The first-order valence-electron chi connectivity index (χ1n) is 7.38. The van der Waals surface area contributed by atoms with Crippen molar-refractivity contribution >= 4 is 22.7 Å². The summed E-state index contributed by atoms with van der Waals surface area (Å²) in [7, 11) is 0. The normalized spacial score (nSPS) is 12.3. The van der Waals surface area contributed by atoms with E-state index in [1.54, 1.807) is 24.3 Å². The van der Waals surface area contributed by atoms with E-state index in [-0.39, 0.29) is 19.2 Å². The van der Waals surface area contributed by atoms with Crippen LogP contribution in [0.4, 0.5) is 0 Å². The lowest BCUT2D eigenvalue weighted by atomic mass is 10.1. The van der Waals surface area contributed by atoms with Gasteiger partial charge < -0.3 is 19.2 Å². The molecule has 6 heteroatoms. The fourth-order valence-corrected chi connectivity index (χ4v) is 2.55. The number of H-pyrrole nitrogens is 1. The largest absolute Gasteiger partial charge is 0.454 e. The minimum Gasteiger partial charge on any atom is -0.454 e. The molecule has 24 heavy (non-hydrogen) atoms. The lowest BCUT2D eigenvalue weighted by Crippen LogP contribution is -2.14. The fraction of sp³-hybridized carbons (Fsp3) is 0.111. The van der Waals surface area contributed by atoms with Crippen molar-refractivity contribution in [2.24, 2.45) is 0 Å². The van der Waals surface area contributed by atoms with Crippen LogP contribution in [-0.2, 0) is 4.74 Å². The Morgan fingerprint density at radius 1 is 1.04 bits per heavy atom. The van der Waals surface area contributed by atoms with E-state index in [1.807, 2.05) is 24.3 Å². The molecule has 0 aliphatic carbocycles. The molecule has 0 radical (unpaired) electrons. The van der Waals surface area contributed by atoms with Crippen molar-refractivity contribution in [3.8, 4) is 11.5 Å². The van der Waals surface area contributed by atoms with Gasteiger partial charge in [-0.3, -0.25) is 4.79 Å². The van der Waals surface area contributed by atoms with Crippen molar-refractivity contribution < 1.29 is 23.8 Å². The monoisotopic (exact) mass is 323 g/mol. The minimum absolute atomic E-state index is 0.141. The van der Waals surface area contributed by atoms with Crippen LogP contribution in [0.2, 0.25) is 0 Å². The molecule has 0 unspecified atom stereocenters. The van der Waals surface area contributed by atoms with Crippen LogP contribution in [0.25, 0.3) is 10.9 Å². The van der Waals surface area contributed by atoms with Crippen LogP contribution < -0.4 is 9.47 Å². The van der Waals surface area contributed by atoms with Gasteiger partial charge in [0.25, 0.3) is 0 Å². The van der Waals surface area contributed by atoms with Crippen molar-refractivity contribution in [1.29, 1.82) is 0 Å². The first kappa shape index (κ1) is 14.3. The molecule has 0 atom stereocenters. The maximum Gasteiger partial charge on any atom is 0.355 e. The number of hydrogen-bond acceptors (Lipinski definition) is 5. The van der Waals surface area contributed by atoms with Crippen molar-refractivity contribution in [3.05, 3.63) is 59.8 Å². The molecule has 0 saturated carbocycles. The van der Waals surface area contributed by atoms with E-state index >= 15 is 0 Å². The molecule has 0 amide bonds. The topological polar surface area (TPSA) is 77.6 Å². The van der Waals surface area contributed by atoms with E-state index in [1.165, 1.54) is 0 Å². The quantitative estimate of drug-likeness (QED) is 0.590. The van der Waals surface area contributed by atoms with Gasteiger partial charge in [0.1, 0.15) is 5.69 Å². The van der Waals surface area contributed by atoms with E-state index in [0.29, 0.717) is 22.8 Å². The zero-order valence-electron chi connectivity index (χ0n) is 12.6. The highest BCUT2D eigenvalue weighted by Gasteiger charge is 2.18. The molecule has 3 aromatic rings. The highest BCUT2D eigenvalue weighted by atomic mass is 16.7. The summed E-state index contributed by atoms with van der Waals surface area (Å²) in [6.45, 7) is -0.198. The number of carbonyl (C=O) groups excluding carboxylic acids is 2. The zero-order valence-corrected chi connectivity index (χ0v) is 12.6. The third kappa shape index (κ3) is 2.58. The Morgan fingerprint density at radius 2 is 1.88 bits per heavy atom. The van der Waals surface area contributed by atoms with Gasteiger partial charge in [0.15, 0.2) is 23.9 Å². The summed E-state index contributed by atoms with van der Waals surface area (Å²) in [5.41, 5.74) is 1.56. The van der Waals surface area contributed by atoms with Gasteiger partial charge in [-0.15, -0.1) is 0 Å². The lowest BCUT2D eigenvalue weighted by molar-refractivity contribution is 0.0470. The Hall–Kier alpha value is -3.28. The number of ketones is 1. The molecule has 4 rings (SSSR count). The Kier molecular flexibility index (Phi) is 3.42. The first-order chi connectivity index (χ1) is 11.7. The van der Waals surface area contributed by atoms with Crippen LogP contribution in [0, 0.1) is 0 Å². The molecule has 1 N–H and O–H groups in total. The Balaban J connectivity index is 1.44. The minimum atomic E-state index is -0.569. The summed E-state index contributed by atoms with van der Waals surface area (Å²) in [6.07, 6.45) is 0. The second-order valence-corrected chi connectivity index (χ2v) is 5.34. The molecule has 2 aromatic carbocycles. The molecular formula is C18H13NO5. The number of Topliss-reactive ketones (excluding diaryl/α,β-unsaturated/α-hetero) is 1. The number of nitrogens with one attached hydrogen (secondary N) is 1. The third-order valence-corrected chi connectivity index (χ3v) is 3.78. The van der Waals surface area contributed by atoms with Crippen molar-refractivity contribution in [1.82, 2.24) is 4.98 Å². The predicted octanol–water partition coefficient (Wildman–Crippen LogP) is 2.94. The maximum atomic E-state index is 12.2. The number of ether oxygens (including phenoxy) is 3. The number of fused-ring (bicyclic) bond motifs is 2. The van der Waals surface area contributed by atoms with Gasteiger partial charge in [-0.25, -0.2) is 4.79 Å². The Bertz CT molecular complexity index is 910. The molecule has 0 spiro atoms. The molecule has 2 heterocycles. The van der Waals surface area contributed by atoms with E-state index in [0.717, 1.165) is 10.9 Å². The van der Waals surface area contributed by atoms with Crippen LogP contribution in [0.1, 0.15) is 20.8 Å². The predicted molar refractivity (Wildman–Crippen MR) is 85.5 cm³/mol. The van der Waals surface area contributed by atoms with Crippen molar-refractivity contribution in [3.63, 3.8) is 0 Å². The number of benzene rings is 2. The van der Waals surface area contributed by atoms with E-state index in [9.17, 15) is 9.59 Å². The zero-order chi connectivity index (χ0) is 16.5. The number of rotatable bonds is 4. The SMILES string of the molecule is O=C(COC(=O)c1cc2ccccc2[nH]1)c1ccc2c(c1)OCO2. The fourth-order valence-electron chi connectivity index (χ4n) is 2.55. The standard InChI is InChI=1S/C18H13NO5/c20-15(12-5-6-16-17(8-12)24-10-23-16)9-22-18(21)14-7-11-3-1-2-4-13(11)19-14/h1-8,19H,9-10H2. The highest BCUT2D eigenvalue weighted by molar-refractivity contribution is 6.00. The van der Waals surface area contributed by atoms with E-state index < -0.39 is 5.97 Å². The summed E-state index contributed by atoms with van der Waals surface area (Å²) < 4.78 is 15.5. The van der Waals surface area contributed by atoms with Gasteiger partial charge in [0, 0.05) is 16.5 Å². The molecule has 1 aliphatic heterocycles. The Labute approximate surface area is 136 Å². The van der Waals surface area contributed by atoms with Gasteiger partial charge in [0.2, 0.25) is 6.79 Å². The molecule has 6 nitrogen and oxygen atoms in total. The summed E-state index contributed by atoms with van der Waals surface area (Å²) in [6, 6.07) is 14.1. The second-order valence-electron chi connectivity index (χ2n) is 5.34. The molecule has 0 fully saturated rings. The van der Waals surface area contributed by atoms with Gasteiger partial charge in [-0.2, -0.15) is 0 Å². The first-order valence-corrected chi connectivity index (χ1v) is 7.38. The van der Waals surface area contributed by atoms with Crippen LogP contribution >= 0.6 is 0 Å². The lowest BCUT2D eigenvalue weighted by Gasteiger charge is -2.04. The van der Waals surface area contributed by atoms with Crippen LogP contribution in [0.15, 0.2) is 48.5 Å². The highest BCUT2D eigenvalue weighted by Crippen LogP contribution is 2.32. The average molecular weight is 323 g/mol. The average Bonchev–Trinajstić information content (AvgIpc) is 3.24. The maximum absolute atomic E-state index is 12.2. The second kappa shape index (κ2) is 5.73. The van der Waals surface area contributed by atoms with Gasteiger partial charge in [-0.05, 0) is 30.3 Å². The van der Waals surface area contributed by atoms with Crippen molar-refractivity contribution in [2.45, 2.75) is 0 Å². The third-order valence-electron chi connectivity index (χ3n) is 3.78. The number of carbonyl (C=O) groups is 2. The summed E-state index contributed by atoms with van der Waals surface area (Å²) in [5.74, 6) is 0.238. The van der Waals surface area contributed by atoms with Gasteiger partial charge in [0.05, 0.1) is 0 Å². The number of para-hydroxylation sites is 1. The Morgan fingerprint density at radius 3 is 2.75 bits per heavy atom. The number of aromatic nitrogens is 1. The van der Waals surface area contributed by atoms with Crippen molar-refractivity contribution in [2.75, 3.05) is 13.4 Å². The molecule has 1 aliphatic rings. The summed E-state index contributed by atoms with van der Waals surface area (Å²) in [5, 5.41) is 0.909. The van der Waals surface area contributed by atoms with E-state index in [4.69, 9.17) is 14.2 Å². The van der Waals surface area contributed by atoms with Crippen LogP contribution in [0.3, 0.4) is 0 Å². The number of aromatic amines is 1. The molecule has 120 valence electrons. The summed E-state index contributed by atoms with van der Waals surface area (Å²) >= 11 is 0. The van der Waals surface area contributed by atoms with Gasteiger partial charge in [-0.1, -0.05) is 18.2 Å². The van der Waals surface area contributed by atoms with E-state index in [2.05, 4.69) is 4.98 Å². The number of hydrogen-bond donors (Lipinski definition) is 1. The van der Waals surface area contributed by atoms with Crippen LogP contribution in [-0.4, -0.2) is 30.1 Å². The molecule has 0 saturated heterocycles. The number of esters is 1. The smallest absolute Gasteiger partial charge is 0.355 e. The summed E-state index contributed by atoms with van der Waals surface area (Å²) in [4.78, 5) is 27.2. The van der Waals surface area contributed by atoms with Gasteiger partial charge >= 0.3 is 5.97 Å². The molecule has 1 aromatic heterocycles. The molecular weight excluding hydrogens is 310 g/mol. The molecule has 0 bridgehead atoms. The van der Waals surface area contributed by atoms with Crippen LogP contribution in [0.5, 0.6) is 11.5 Å².